The molecule has 3 aliphatic rings. The lowest BCUT2D eigenvalue weighted by Crippen LogP contribution is -2.69. The van der Waals surface area contributed by atoms with E-state index in [1.807, 2.05) is 19.2 Å². The molecule has 0 amide bonds. The molecule has 5 nitrogen and oxygen atoms in total. The van der Waals surface area contributed by atoms with Crippen LogP contribution in [0.5, 0.6) is 5.75 Å². The SMILES string of the molecule is CN=C(NCCc1ccc(OC)cc1)NC1C2CCOC2C12CCCC2. The zero-order valence-electron chi connectivity index (χ0n) is 16.0. The second kappa shape index (κ2) is 7.47. The van der Waals surface area contributed by atoms with Gasteiger partial charge < -0.3 is 20.1 Å². The minimum absolute atomic E-state index is 0.356. The Morgan fingerprint density at radius 2 is 2.04 bits per heavy atom. The van der Waals surface area contributed by atoms with Gasteiger partial charge in [-0.15, -0.1) is 0 Å². The van der Waals surface area contributed by atoms with Crippen molar-refractivity contribution in [3.8, 4) is 5.75 Å². The summed E-state index contributed by atoms with van der Waals surface area (Å²) >= 11 is 0. The average Bonchev–Trinajstić information content (AvgIpc) is 3.33. The number of nitrogens with zero attached hydrogens (tertiary/aromatic N) is 1. The first kappa shape index (κ1) is 17.7. The molecule has 0 radical (unpaired) electrons. The van der Waals surface area contributed by atoms with Gasteiger partial charge in [-0.1, -0.05) is 25.0 Å². The van der Waals surface area contributed by atoms with Crippen LogP contribution < -0.4 is 15.4 Å². The lowest BCUT2D eigenvalue weighted by Gasteiger charge is -2.57. The van der Waals surface area contributed by atoms with Gasteiger partial charge in [0, 0.05) is 37.6 Å². The Hall–Kier alpha value is -1.75. The van der Waals surface area contributed by atoms with E-state index in [0.29, 0.717) is 23.5 Å². The quantitative estimate of drug-likeness (QED) is 0.628. The predicted octanol–water partition coefficient (Wildman–Crippen LogP) is 2.75. The molecule has 2 saturated carbocycles. The second-order valence-electron chi connectivity index (χ2n) is 7.90. The maximum atomic E-state index is 6.08. The maximum absolute atomic E-state index is 6.08. The molecule has 1 spiro atoms. The van der Waals surface area contributed by atoms with Crippen LogP contribution in [0.1, 0.15) is 37.7 Å². The summed E-state index contributed by atoms with van der Waals surface area (Å²) in [7, 11) is 3.56. The highest BCUT2D eigenvalue weighted by Crippen LogP contribution is 2.60. The molecule has 5 heteroatoms. The van der Waals surface area contributed by atoms with E-state index < -0.39 is 0 Å². The molecule has 3 atom stereocenters. The van der Waals surface area contributed by atoms with Gasteiger partial charge in [-0.3, -0.25) is 4.99 Å². The summed E-state index contributed by atoms with van der Waals surface area (Å²) in [6.07, 6.45) is 7.92. The van der Waals surface area contributed by atoms with Crippen molar-refractivity contribution in [1.29, 1.82) is 0 Å². The third-order valence-corrected chi connectivity index (χ3v) is 6.67. The fourth-order valence-electron chi connectivity index (χ4n) is 5.36. The molecule has 1 heterocycles. The van der Waals surface area contributed by atoms with Gasteiger partial charge in [-0.2, -0.15) is 0 Å². The fraction of sp³-hybridized carbons (Fsp3) is 0.667. The molecule has 4 rings (SSSR count). The summed E-state index contributed by atoms with van der Waals surface area (Å²) in [5.41, 5.74) is 1.66. The van der Waals surface area contributed by atoms with Crippen LogP contribution in [-0.4, -0.2) is 45.4 Å². The highest BCUT2D eigenvalue weighted by atomic mass is 16.5. The summed E-state index contributed by atoms with van der Waals surface area (Å²) in [4.78, 5) is 4.47. The predicted molar refractivity (Wildman–Crippen MR) is 104 cm³/mol. The van der Waals surface area contributed by atoms with E-state index in [1.165, 1.54) is 37.7 Å². The van der Waals surface area contributed by atoms with E-state index in [2.05, 4.69) is 27.8 Å². The lowest BCUT2D eigenvalue weighted by atomic mass is 9.54. The van der Waals surface area contributed by atoms with Gasteiger partial charge in [0.05, 0.1) is 13.2 Å². The van der Waals surface area contributed by atoms with Crippen molar-refractivity contribution in [3.63, 3.8) is 0 Å². The standard InChI is InChI=1S/C21H31N3O2/c1-22-20(23-13-9-15-5-7-16(25-2)8-6-15)24-18-17-10-14-26-19(17)21(18)11-3-4-12-21/h5-8,17-19H,3-4,9-14H2,1-2H3,(H2,22,23,24). The molecule has 2 N–H and O–H groups in total. The minimum atomic E-state index is 0.356. The number of aliphatic imine (C=N–C) groups is 1. The van der Waals surface area contributed by atoms with Crippen LogP contribution in [-0.2, 0) is 11.2 Å². The van der Waals surface area contributed by atoms with Gasteiger partial charge in [0.25, 0.3) is 0 Å². The number of methoxy groups -OCH3 is 1. The first-order valence-corrected chi connectivity index (χ1v) is 9.98. The van der Waals surface area contributed by atoms with E-state index in [4.69, 9.17) is 9.47 Å². The molecule has 0 bridgehead atoms. The van der Waals surface area contributed by atoms with E-state index in [9.17, 15) is 0 Å². The zero-order valence-corrected chi connectivity index (χ0v) is 16.0. The number of fused-ring (bicyclic) bond motifs is 2. The van der Waals surface area contributed by atoms with Crippen LogP contribution in [0, 0.1) is 11.3 Å². The molecule has 1 aromatic carbocycles. The molecular formula is C21H31N3O2. The van der Waals surface area contributed by atoms with Gasteiger partial charge in [0.2, 0.25) is 0 Å². The smallest absolute Gasteiger partial charge is 0.191 e. The molecule has 2 aliphatic carbocycles. The Morgan fingerprint density at radius 3 is 2.73 bits per heavy atom. The molecular weight excluding hydrogens is 326 g/mol. The Kier molecular flexibility index (Phi) is 5.07. The summed E-state index contributed by atoms with van der Waals surface area (Å²) in [6, 6.07) is 8.79. The first-order valence-electron chi connectivity index (χ1n) is 9.98. The number of ether oxygens (including phenoxy) is 2. The molecule has 3 unspecified atom stereocenters. The highest BCUT2D eigenvalue weighted by Gasteiger charge is 2.65. The van der Waals surface area contributed by atoms with Gasteiger partial charge in [0.1, 0.15) is 5.75 Å². The number of hydrogen-bond donors (Lipinski definition) is 2. The number of rotatable bonds is 5. The third-order valence-electron chi connectivity index (χ3n) is 6.67. The van der Waals surface area contributed by atoms with Crippen molar-refractivity contribution in [3.05, 3.63) is 29.8 Å². The van der Waals surface area contributed by atoms with E-state index in [0.717, 1.165) is 31.3 Å². The highest BCUT2D eigenvalue weighted by molar-refractivity contribution is 5.80. The molecule has 3 fully saturated rings. The van der Waals surface area contributed by atoms with Crippen molar-refractivity contribution in [2.24, 2.45) is 16.3 Å². The van der Waals surface area contributed by atoms with Crippen molar-refractivity contribution >= 4 is 5.96 Å². The van der Waals surface area contributed by atoms with Gasteiger partial charge in [0.15, 0.2) is 5.96 Å². The van der Waals surface area contributed by atoms with E-state index in [1.54, 1.807) is 7.11 Å². The van der Waals surface area contributed by atoms with Crippen molar-refractivity contribution in [2.45, 2.75) is 50.7 Å². The van der Waals surface area contributed by atoms with Crippen LogP contribution in [0.2, 0.25) is 0 Å². The van der Waals surface area contributed by atoms with Crippen molar-refractivity contribution < 1.29 is 9.47 Å². The third kappa shape index (κ3) is 3.07. The summed E-state index contributed by atoms with van der Waals surface area (Å²) in [5, 5.41) is 7.25. The largest absolute Gasteiger partial charge is 0.497 e. The van der Waals surface area contributed by atoms with Crippen molar-refractivity contribution in [2.75, 3.05) is 27.3 Å². The maximum Gasteiger partial charge on any atom is 0.191 e. The summed E-state index contributed by atoms with van der Waals surface area (Å²) < 4.78 is 11.3. The molecule has 1 aromatic rings. The minimum Gasteiger partial charge on any atom is -0.497 e. The Bertz CT molecular complexity index is 637. The van der Waals surface area contributed by atoms with Crippen LogP contribution >= 0.6 is 0 Å². The topological polar surface area (TPSA) is 54.9 Å². The van der Waals surface area contributed by atoms with Crippen LogP contribution in [0.4, 0.5) is 0 Å². The second-order valence-corrected chi connectivity index (χ2v) is 7.90. The molecule has 1 aliphatic heterocycles. The first-order chi connectivity index (χ1) is 12.8. The lowest BCUT2D eigenvalue weighted by molar-refractivity contribution is -0.125. The molecule has 0 aromatic heterocycles. The fourth-order valence-corrected chi connectivity index (χ4v) is 5.36. The molecule has 1 saturated heterocycles. The monoisotopic (exact) mass is 357 g/mol. The number of guanidine groups is 1. The number of nitrogens with one attached hydrogen (secondary N) is 2. The van der Waals surface area contributed by atoms with Gasteiger partial charge in [-0.05, 0) is 43.4 Å². The Labute approximate surface area is 156 Å². The van der Waals surface area contributed by atoms with Crippen LogP contribution in [0.3, 0.4) is 0 Å². The van der Waals surface area contributed by atoms with E-state index in [-0.39, 0.29) is 0 Å². The average molecular weight is 357 g/mol. The summed E-state index contributed by atoms with van der Waals surface area (Å²) in [5.74, 6) is 2.49. The van der Waals surface area contributed by atoms with Gasteiger partial charge in [-0.25, -0.2) is 0 Å². The Morgan fingerprint density at radius 1 is 1.27 bits per heavy atom. The normalized spacial score (nSPS) is 29.3. The van der Waals surface area contributed by atoms with E-state index >= 15 is 0 Å². The van der Waals surface area contributed by atoms with Crippen LogP contribution in [0.25, 0.3) is 0 Å². The number of hydrogen-bond acceptors (Lipinski definition) is 3. The number of benzene rings is 1. The van der Waals surface area contributed by atoms with Crippen molar-refractivity contribution in [1.82, 2.24) is 10.6 Å². The molecule has 142 valence electrons. The molecule has 26 heavy (non-hydrogen) atoms. The van der Waals surface area contributed by atoms with Crippen LogP contribution in [0.15, 0.2) is 29.3 Å². The Balaban J connectivity index is 1.31. The van der Waals surface area contributed by atoms with Gasteiger partial charge >= 0.3 is 0 Å². The zero-order chi connectivity index (χ0) is 18.0. The summed E-state index contributed by atoms with van der Waals surface area (Å²) in [6.45, 7) is 1.80.